The predicted octanol–water partition coefficient (Wildman–Crippen LogP) is 0.478. The van der Waals surface area contributed by atoms with Crippen LogP contribution in [0.25, 0.3) is 0 Å². The Kier molecular flexibility index (Phi) is 2.52. The quantitative estimate of drug-likeness (QED) is 0.644. The van der Waals surface area contributed by atoms with E-state index >= 15 is 0 Å². The highest BCUT2D eigenvalue weighted by Crippen LogP contribution is 2.17. The van der Waals surface area contributed by atoms with Crippen molar-refractivity contribution >= 4 is 5.95 Å². The molecule has 0 aliphatic carbocycles. The third-order valence-corrected chi connectivity index (χ3v) is 1.91. The van der Waals surface area contributed by atoms with Gasteiger partial charge in [-0.15, -0.1) is 10.2 Å². The fraction of sp³-hybridized carbons (Fsp3) is 0.714. The Balaban J connectivity index is 2.80. The highest BCUT2D eigenvalue weighted by atomic mass is 15.4. The van der Waals surface area contributed by atoms with Crippen molar-refractivity contribution in [3.05, 3.63) is 5.82 Å². The lowest BCUT2D eigenvalue weighted by atomic mass is 10.1. The molecule has 0 fully saturated rings. The van der Waals surface area contributed by atoms with Crippen molar-refractivity contribution in [2.24, 2.45) is 0 Å². The summed E-state index contributed by atoms with van der Waals surface area (Å²) < 4.78 is 1.35. The summed E-state index contributed by atoms with van der Waals surface area (Å²) in [5.74, 6) is 6.95. The summed E-state index contributed by atoms with van der Waals surface area (Å²) >= 11 is 0. The number of hydrogen-bond donors (Lipinski definition) is 2. The zero-order chi connectivity index (χ0) is 9.14. The topological polar surface area (TPSA) is 82.8 Å². The molecule has 0 radical (unpaired) electrons. The van der Waals surface area contributed by atoms with Crippen molar-refractivity contribution in [2.75, 3.05) is 11.6 Å². The van der Waals surface area contributed by atoms with Gasteiger partial charge in [-0.3, -0.25) is 0 Å². The molecular formula is C7H15N5. The molecule has 0 amide bonds. The van der Waals surface area contributed by atoms with Crippen molar-refractivity contribution in [3.63, 3.8) is 0 Å². The number of nitrogen functional groups attached to an aromatic ring is 2. The minimum absolute atomic E-state index is 0.271. The molecule has 0 aliphatic heterocycles. The molecule has 0 bridgehead atoms. The second-order valence-corrected chi connectivity index (χ2v) is 2.98. The monoisotopic (exact) mass is 169 g/mol. The van der Waals surface area contributed by atoms with E-state index in [1.165, 1.54) is 4.68 Å². The van der Waals surface area contributed by atoms with Gasteiger partial charge in [0.25, 0.3) is 0 Å². The summed E-state index contributed by atoms with van der Waals surface area (Å²) in [6, 6.07) is 0. The van der Waals surface area contributed by atoms with E-state index in [-0.39, 0.29) is 5.95 Å². The van der Waals surface area contributed by atoms with E-state index in [4.69, 9.17) is 11.6 Å². The molecule has 0 aliphatic rings. The highest BCUT2D eigenvalue weighted by molar-refractivity contribution is 5.18. The minimum atomic E-state index is 0.271. The van der Waals surface area contributed by atoms with Gasteiger partial charge in [-0.05, 0) is 6.42 Å². The number of aromatic nitrogens is 3. The summed E-state index contributed by atoms with van der Waals surface area (Å²) in [5.41, 5.74) is 5.44. The van der Waals surface area contributed by atoms with Crippen LogP contribution in [0, 0.1) is 0 Å². The van der Waals surface area contributed by atoms with Crippen LogP contribution in [0.3, 0.4) is 0 Å². The summed E-state index contributed by atoms with van der Waals surface area (Å²) in [7, 11) is 0. The van der Waals surface area contributed by atoms with Gasteiger partial charge in [0.05, 0.1) is 0 Å². The van der Waals surface area contributed by atoms with Gasteiger partial charge < -0.3 is 11.6 Å². The lowest BCUT2D eigenvalue weighted by Crippen LogP contribution is -2.17. The fourth-order valence-corrected chi connectivity index (χ4v) is 1.21. The van der Waals surface area contributed by atoms with Crippen LogP contribution in [0.1, 0.15) is 38.4 Å². The Bertz CT molecular complexity index is 254. The van der Waals surface area contributed by atoms with E-state index in [2.05, 4.69) is 24.0 Å². The van der Waals surface area contributed by atoms with Gasteiger partial charge in [0.15, 0.2) is 5.82 Å². The van der Waals surface area contributed by atoms with Crippen molar-refractivity contribution in [2.45, 2.75) is 32.6 Å². The first-order chi connectivity index (χ1) is 5.66. The Hall–Kier alpha value is -1.26. The predicted molar refractivity (Wildman–Crippen MR) is 47.9 cm³/mol. The molecule has 4 N–H and O–H groups in total. The van der Waals surface area contributed by atoms with E-state index in [1.54, 1.807) is 0 Å². The summed E-state index contributed by atoms with van der Waals surface area (Å²) in [6.07, 6.45) is 2.16. The van der Waals surface area contributed by atoms with Gasteiger partial charge in [-0.1, -0.05) is 20.3 Å². The van der Waals surface area contributed by atoms with Crippen LogP contribution in [0.5, 0.6) is 0 Å². The molecule has 0 saturated carbocycles. The van der Waals surface area contributed by atoms with Gasteiger partial charge in [-0.25, -0.2) is 4.68 Å². The molecule has 0 aromatic carbocycles. The fourth-order valence-electron chi connectivity index (χ4n) is 1.21. The summed E-state index contributed by atoms with van der Waals surface area (Å²) in [4.78, 5) is 0. The number of nitrogens with two attached hydrogens (primary N) is 2. The zero-order valence-corrected chi connectivity index (χ0v) is 7.49. The lowest BCUT2D eigenvalue weighted by Gasteiger charge is -2.07. The molecule has 12 heavy (non-hydrogen) atoms. The summed E-state index contributed by atoms with van der Waals surface area (Å²) in [6.45, 7) is 4.19. The molecule has 1 unspecified atom stereocenters. The van der Waals surface area contributed by atoms with Crippen molar-refractivity contribution in [1.29, 1.82) is 0 Å². The van der Waals surface area contributed by atoms with E-state index in [1.807, 2.05) is 0 Å². The number of rotatable bonds is 3. The van der Waals surface area contributed by atoms with Crippen LogP contribution < -0.4 is 11.6 Å². The molecule has 1 aromatic rings. The second-order valence-electron chi connectivity index (χ2n) is 2.98. The first-order valence-electron chi connectivity index (χ1n) is 4.12. The molecule has 1 heterocycles. The van der Waals surface area contributed by atoms with Crippen LogP contribution in [0.15, 0.2) is 0 Å². The molecule has 5 heteroatoms. The SMILES string of the molecule is CCCC(C)c1nnc(N)n1N. The van der Waals surface area contributed by atoms with Gasteiger partial charge in [0.2, 0.25) is 5.95 Å². The number of anilines is 1. The van der Waals surface area contributed by atoms with Crippen LogP contribution in [-0.4, -0.2) is 14.9 Å². The van der Waals surface area contributed by atoms with E-state index in [0.717, 1.165) is 18.7 Å². The van der Waals surface area contributed by atoms with Crippen molar-refractivity contribution in [1.82, 2.24) is 14.9 Å². The van der Waals surface area contributed by atoms with E-state index in [0.29, 0.717) is 5.92 Å². The normalized spacial score (nSPS) is 13.2. The van der Waals surface area contributed by atoms with Crippen molar-refractivity contribution in [3.8, 4) is 0 Å². The molecule has 0 saturated heterocycles. The van der Waals surface area contributed by atoms with Crippen LogP contribution in [0.2, 0.25) is 0 Å². The molecule has 1 rings (SSSR count). The summed E-state index contributed by atoms with van der Waals surface area (Å²) in [5, 5.41) is 7.58. The Morgan fingerprint density at radius 3 is 2.58 bits per heavy atom. The second kappa shape index (κ2) is 3.42. The zero-order valence-electron chi connectivity index (χ0n) is 7.49. The molecule has 5 nitrogen and oxygen atoms in total. The maximum atomic E-state index is 5.60. The van der Waals surface area contributed by atoms with Gasteiger partial charge >= 0.3 is 0 Å². The number of hydrogen-bond acceptors (Lipinski definition) is 4. The first kappa shape index (κ1) is 8.83. The highest BCUT2D eigenvalue weighted by Gasteiger charge is 2.13. The third-order valence-electron chi connectivity index (χ3n) is 1.91. The van der Waals surface area contributed by atoms with Crippen LogP contribution in [0.4, 0.5) is 5.95 Å². The minimum Gasteiger partial charge on any atom is -0.366 e. The van der Waals surface area contributed by atoms with E-state index < -0.39 is 0 Å². The van der Waals surface area contributed by atoms with E-state index in [9.17, 15) is 0 Å². The largest absolute Gasteiger partial charge is 0.366 e. The Labute approximate surface area is 71.7 Å². The standard InChI is InChI=1S/C7H15N5/c1-3-4-5(2)6-10-11-7(8)12(6)9/h5H,3-4,9H2,1-2H3,(H2,8,11). The maximum Gasteiger partial charge on any atom is 0.240 e. The average molecular weight is 169 g/mol. The molecule has 68 valence electrons. The van der Waals surface area contributed by atoms with Crippen LogP contribution in [-0.2, 0) is 0 Å². The van der Waals surface area contributed by atoms with Crippen molar-refractivity contribution < 1.29 is 0 Å². The third kappa shape index (κ3) is 1.49. The van der Waals surface area contributed by atoms with Gasteiger partial charge in [0.1, 0.15) is 0 Å². The smallest absolute Gasteiger partial charge is 0.240 e. The maximum absolute atomic E-state index is 5.60. The average Bonchev–Trinajstić information content (AvgIpc) is 2.34. The molecule has 1 atom stereocenters. The van der Waals surface area contributed by atoms with Crippen LogP contribution >= 0.6 is 0 Å². The van der Waals surface area contributed by atoms with Gasteiger partial charge in [-0.2, -0.15) is 0 Å². The molecule has 1 aromatic heterocycles. The number of nitrogens with zero attached hydrogens (tertiary/aromatic N) is 3. The lowest BCUT2D eigenvalue weighted by molar-refractivity contribution is 0.609. The Morgan fingerprint density at radius 1 is 1.50 bits per heavy atom. The molecular weight excluding hydrogens is 154 g/mol. The Morgan fingerprint density at radius 2 is 2.17 bits per heavy atom. The van der Waals surface area contributed by atoms with Gasteiger partial charge in [0, 0.05) is 5.92 Å². The first-order valence-corrected chi connectivity index (χ1v) is 4.12. The molecule has 0 spiro atoms.